The van der Waals surface area contributed by atoms with Crippen molar-refractivity contribution in [1.29, 1.82) is 0 Å². The highest BCUT2D eigenvalue weighted by Gasteiger charge is 2.27. The number of pyridine rings is 1. The number of aryl methyl sites for hydroxylation is 2. The van der Waals surface area contributed by atoms with Gasteiger partial charge >= 0.3 is 5.69 Å². The van der Waals surface area contributed by atoms with Gasteiger partial charge in [0.1, 0.15) is 0 Å². The van der Waals surface area contributed by atoms with Gasteiger partial charge in [-0.15, -0.1) is 0 Å². The predicted molar refractivity (Wildman–Crippen MR) is 95.4 cm³/mol. The minimum absolute atomic E-state index is 0.00807. The van der Waals surface area contributed by atoms with Gasteiger partial charge in [0.2, 0.25) is 5.82 Å². The van der Waals surface area contributed by atoms with E-state index in [1.54, 1.807) is 10.9 Å². The van der Waals surface area contributed by atoms with Crippen molar-refractivity contribution in [2.24, 2.45) is 7.05 Å². The zero-order chi connectivity index (χ0) is 17.4. The molecule has 2 aromatic heterocycles. The number of hydrogen-bond donors (Lipinski definition) is 1. The minimum atomic E-state index is -0.401. The smallest absolute Gasteiger partial charge is 0.312 e. The largest absolute Gasteiger partial charge is 0.394 e. The highest BCUT2D eigenvalue weighted by Crippen LogP contribution is 2.31. The molecule has 0 radical (unpaired) electrons. The number of nitrogens with zero attached hydrogens (tertiary/aromatic N) is 6. The third-order valence-corrected chi connectivity index (χ3v) is 4.56. The Morgan fingerprint density at radius 2 is 1.92 bits per heavy atom. The Bertz CT molecular complexity index is 784. The van der Waals surface area contributed by atoms with E-state index in [1.807, 2.05) is 18.9 Å². The van der Waals surface area contributed by atoms with Gasteiger partial charge in [0.05, 0.1) is 16.3 Å². The summed E-state index contributed by atoms with van der Waals surface area (Å²) in [6, 6.07) is 1.48. The van der Waals surface area contributed by atoms with Crippen molar-refractivity contribution in [3.63, 3.8) is 0 Å². The molecular formula is C14H18BrN7O2. The van der Waals surface area contributed by atoms with Crippen molar-refractivity contribution >= 4 is 38.9 Å². The number of rotatable bonds is 3. The second-order valence-corrected chi connectivity index (χ2v) is 6.59. The molecule has 0 bridgehead atoms. The zero-order valence-corrected chi connectivity index (χ0v) is 15.0. The average Bonchev–Trinajstić information content (AvgIpc) is 2.80. The van der Waals surface area contributed by atoms with E-state index in [1.165, 1.54) is 6.07 Å². The van der Waals surface area contributed by atoms with Crippen molar-refractivity contribution in [3.05, 3.63) is 32.5 Å². The Labute approximate surface area is 147 Å². The minimum Gasteiger partial charge on any atom is -0.394 e. The highest BCUT2D eigenvalue weighted by atomic mass is 79.9. The van der Waals surface area contributed by atoms with Crippen LogP contribution in [0.5, 0.6) is 0 Å². The summed E-state index contributed by atoms with van der Waals surface area (Å²) in [6.45, 7) is 4.51. The first-order valence-corrected chi connectivity index (χ1v) is 8.26. The van der Waals surface area contributed by atoms with Crippen LogP contribution in [0, 0.1) is 17.0 Å². The Hall–Kier alpha value is -2.36. The van der Waals surface area contributed by atoms with Gasteiger partial charge in [-0.25, -0.2) is 4.98 Å². The summed E-state index contributed by atoms with van der Waals surface area (Å²) in [6.07, 6.45) is 1.58. The van der Waals surface area contributed by atoms with E-state index in [-0.39, 0.29) is 5.69 Å². The van der Waals surface area contributed by atoms with Gasteiger partial charge in [-0.1, -0.05) is 0 Å². The molecule has 0 spiro atoms. The van der Waals surface area contributed by atoms with Crippen LogP contribution in [0.2, 0.25) is 0 Å². The Morgan fingerprint density at radius 1 is 1.29 bits per heavy atom. The van der Waals surface area contributed by atoms with Crippen LogP contribution < -0.4 is 15.5 Å². The molecule has 2 N–H and O–H groups in total. The Morgan fingerprint density at radius 3 is 2.46 bits per heavy atom. The van der Waals surface area contributed by atoms with Crippen molar-refractivity contribution < 1.29 is 4.92 Å². The van der Waals surface area contributed by atoms with Gasteiger partial charge in [0.25, 0.3) is 0 Å². The van der Waals surface area contributed by atoms with Gasteiger partial charge in [0.15, 0.2) is 5.82 Å². The fraction of sp³-hybridized carbons (Fsp3) is 0.429. The maximum atomic E-state index is 11.3. The lowest BCUT2D eigenvalue weighted by Gasteiger charge is -2.36. The number of piperazine rings is 1. The van der Waals surface area contributed by atoms with E-state index < -0.39 is 4.92 Å². The molecular weight excluding hydrogens is 378 g/mol. The summed E-state index contributed by atoms with van der Waals surface area (Å²) in [4.78, 5) is 19.2. The van der Waals surface area contributed by atoms with Crippen molar-refractivity contribution in [2.45, 2.75) is 6.92 Å². The van der Waals surface area contributed by atoms with Crippen LogP contribution >= 0.6 is 15.9 Å². The van der Waals surface area contributed by atoms with E-state index in [0.29, 0.717) is 42.2 Å². The first-order valence-electron chi connectivity index (χ1n) is 7.47. The molecule has 10 heteroatoms. The van der Waals surface area contributed by atoms with E-state index in [0.717, 1.165) is 11.5 Å². The fourth-order valence-electron chi connectivity index (χ4n) is 2.97. The second kappa shape index (κ2) is 6.27. The number of nitrogens with two attached hydrogens (primary N) is 1. The van der Waals surface area contributed by atoms with Gasteiger partial charge < -0.3 is 15.5 Å². The number of hydrogen-bond acceptors (Lipinski definition) is 7. The molecule has 0 amide bonds. The predicted octanol–water partition coefficient (Wildman–Crippen LogP) is 1.70. The number of nitrogen functional groups attached to an aromatic ring is 1. The first kappa shape index (κ1) is 16.5. The molecule has 0 aromatic carbocycles. The van der Waals surface area contributed by atoms with Crippen LogP contribution in [0.15, 0.2) is 16.7 Å². The van der Waals surface area contributed by atoms with E-state index in [2.05, 4.69) is 30.9 Å². The molecule has 1 saturated heterocycles. The lowest BCUT2D eigenvalue weighted by molar-refractivity contribution is -0.384. The molecule has 3 rings (SSSR count). The average molecular weight is 396 g/mol. The fourth-order valence-corrected chi connectivity index (χ4v) is 3.29. The summed E-state index contributed by atoms with van der Waals surface area (Å²) >= 11 is 3.23. The third kappa shape index (κ3) is 2.88. The molecule has 128 valence electrons. The molecule has 1 aliphatic rings. The van der Waals surface area contributed by atoms with Gasteiger partial charge in [-0.3, -0.25) is 14.8 Å². The third-order valence-electron chi connectivity index (χ3n) is 4.13. The molecule has 2 aromatic rings. The molecule has 0 atom stereocenters. The maximum absolute atomic E-state index is 11.3. The quantitative estimate of drug-likeness (QED) is 0.622. The molecule has 0 aliphatic carbocycles. The zero-order valence-electron chi connectivity index (χ0n) is 13.4. The molecule has 1 aliphatic heterocycles. The van der Waals surface area contributed by atoms with E-state index in [4.69, 9.17) is 5.73 Å². The Kier molecular flexibility index (Phi) is 4.31. The maximum Gasteiger partial charge on any atom is 0.312 e. The summed E-state index contributed by atoms with van der Waals surface area (Å²) < 4.78 is 2.37. The normalized spacial score (nSPS) is 15.0. The highest BCUT2D eigenvalue weighted by molar-refractivity contribution is 9.10. The standard InChI is InChI=1S/C14H18BrN7O2/c1-9-12(16)14(19(2)18-9)21-5-3-20(4-6-21)13-11(22(23)24)7-10(15)8-17-13/h7-8H,3-6,16H2,1-2H3. The number of anilines is 3. The summed E-state index contributed by atoms with van der Waals surface area (Å²) in [5.41, 5.74) is 7.61. The molecule has 3 heterocycles. The van der Waals surface area contributed by atoms with Crippen molar-refractivity contribution in [1.82, 2.24) is 14.8 Å². The molecule has 0 saturated carbocycles. The molecule has 9 nitrogen and oxygen atoms in total. The number of halogens is 1. The Balaban J connectivity index is 1.80. The molecule has 24 heavy (non-hydrogen) atoms. The van der Waals surface area contributed by atoms with Gasteiger partial charge in [-0.05, 0) is 22.9 Å². The van der Waals surface area contributed by atoms with Crippen LogP contribution in [-0.4, -0.2) is 45.9 Å². The second-order valence-electron chi connectivity index (χ2n) is 5.67. The molecule has 1 fully saturated rings. The topological polar surface area (TPSA) is 106 Å². The van der Waals surface area contributed by atoms with Crippen LogP contribution in [0.3, 0.4) is 0 Å². The van der Waals surface area contributed by atoms with Gasteiger partial charge in [-0.2, -0.15) is 5.10 Å². The number of aromatic nitrogens is 3. The van der Waals surface area contributed by atoms with Crippen molar-refractivity contribution in [3.8, 4) is 0 Å². The van der Waals surface area contributed by atoms with Crippen LogP contribution in [0.4, 0.5) is 23.0 Å². The van der Waals surface area contributed by atoms with Gasteiger partial charge in [0, 0.05) is 50.0 Å². The molecule has 0 unspecified atom stereocenters. The first-order chi connectivity index (χ1) is 11.4. The monoisotopic (exact) mass is 395 g/mol. The lowest BCUT2D eigenvalue weighted by Crippen LogP contribution is -2.47. The summed E-state index contributed by atoms with van der Waals surface area (Å²) in [5, 5.41) is 15.6. The SMILES string of the molecule is Cc1nn(C)c(N2CCN(c3ncc(Br)cc3[N+](=O)[O-])CC2)c1N. The number of nitro groups is 1. The summed E-state index contributed by atoms with van der Waals surface area (Å²) in [7, 11) is 1.87. The van der Waals surface area contributed by atoms with Crippen LogP contribution in [-0.2, 0) is 7.05 Å². The van der Waals surface area contributed by atoms with Crippen molar-refractivity contribution in [2.75, 3.05) is 41.7 Å². The summed E-state index contributed by atoms with van der Waals surface area (Å²) in [5.74, 6) is 1.29. The van der Waals surface area contributed by atoms with E-state index in [9.17, 15) is 10.1 Å². The van der Waals surface area contributed by atoms with Crippen LogP contribution in [0.1, 0.15) is 5.69 Å². The lowest BCUT2D eigenvalue weighted by atomic mass is 10.2. The van der Waals surface area contributed by atoms with Crippen LogP contribution in [0.25, 0.3) is 0 Å². The van der Waals surface area contributed by atoms with E-state index >= 15 is 0 Å².